The van der Waals surface area contributed by atoms with Gasteiger partial charge < -0.3 is 9.14 Å². The maximum absolute atomic E-state index is 14.2. The molecule has 0 aliphatic heterocycles. The third-order valence-electron chi connectivity index (χ3n) is 4.89. The van der Waals surface area contributed by atoms with Crippen molar-refractivity contribution in [3.8, 4) is 5.75 Å². The van der Waals surface area contributed by atoms with E-state index in [-0.39, 0.29) is 31.0 Å². The molecule has 0 spiro atoms. The quantitative estimate of drug-likeness (QED) is 0.391. The van der Waals surface area contributed by atoms with Crippen LogP contribution in [0.3, 0.4) is 0 Å². The standard InChI is InChI=1S/C24H20F2N2O2/c1-16-14-28-11-10-18(13-24(28)27-16)23(29)9-6-17-12-20(7-8-22(17)26)30-15-19-4-2-3-5-21(19)25/h2-5,7-8,10-14H,6,9,15H2,1H3. The van der Waals surface area contributed by atoms with Gasteiger partial charge in [0.1, 0.15) is 29.6 Å². The fraction of sp³-hybridized carbons (Fsp3) is 0.167. The molecule has 0 bridgehead atoms. The van der Waals surface area contributed by atoms with E-state index >= 15 is 0 Å². The van der Waals surface area contributed by atoms with Gasteiger partial charge in [0.2, 0.25) is 0 Å². The Labute approximate surface area is 172 Å². The summed E-state index contributed by atoms with van der Waals surface area (Å²) in [7, 11) is 0. The summed E-state index contributed by atoms with van der Waals surface area (Å²) >= 11 is 0. The van der Waals surface area contributed by atoms with E-state index in [1.807, 2.05) is 17.5 Å². The number of hydrogen-bond acceptors (Lipinski definition) is 3. The molecule has 0 amide bonds. The van der Waals surface area contributed by atoms with Crippen LogP contribution in [0.15, 0.2) is 67.0 Å². The van der Waals surface area contributed by atoms with Crippen LogP contribution in [0.25, 0.3) is 5.65 Å². The first-order valence-electron chi connectivity index (χ1n) is 9.63. The molecule has 4 nitrogen and oxygen atoms in total. The lowest BCUT2D eigenvalue weighted by Crippen LogP contribution is -2.04. The Hall–Kier alpha value is -3.54. The van der Waals surface area contributed by atoms with Gasteiger partial charge in [-0.1, -0.05) is 18.2 Å². The van der Waals surface area contributed by atoms with Crippen LogP contribution in [0.5, 0.6) is 5.75 Å². The van der Waals surface area contributed by atoms with Crippen molar-refractivity contribution >= 4 is 11.4 Å². The number of nitrogens with zero attached hydrogens (tertiary/aromatic N) is 2. The van der Waals surface area contributed by atoms with Crippen LogP contribution >= 0.6 is 0 Å². The maximum atomic E-state index is 14.2. The zero-order valence-corrected chi connectivity index (χ0v) is 16.4. The largest absolute Gasteiger partial charge is 0.489 e. The number of ether oxygens (including phenoxy) is 1. The molecule has 152 valence electrons. The summed E-state index contributed by atoms with van der Waals surface area (Å²) in [6, 6.07) is 14.2. The highest BCUT2D eigenvalue weighted by molar-refractivity contribution is 5.96. The van der Waals surface area contributed by atoms with Gasteiger partial charge in [-0.2, -0.15) is 0 Å². The van der Waals surface area contributed by atoms with Crippen LogP contribution in [0.1, 0.15) is 33.6 Å². The molecule has 0 aliphatic carbocycles. The first-order valence-corrected chi connectivity index (χ1v) is 9.63. The lowest BCUT2D eigenvalue weighted by atomic mass is 10.0. The number of imidazole rings is 1. The Morgan fingerprint density at radius 3 is 2.67 bits per heavy atom. The second-order valence-electron chi connectivity index (χ2n) is 7.12. The Kier molecular flexibility index (Phi) is 5.57. The zero-order chi connectivity index (χ0) is 21.1. The van der Waals surface area contributed by atoms with Crippen molar-refractivity contribution in [1.82, 2.24) is 9.38 Å². The smallest absolute Gasteiger partial charge is 0.163 e. The summed E-state index contributed by atoms with van der Waals surface area (Å²) < 4.78 is 35.4. The number of benzene rings is 2. The van der Waals surface area contributed by atoms with E-state index in [1.165, 1.54) is 18.2 Å². The van der Waals surface area contributed by atoms with E-state index < -0.39 is 5.82 Å². The number of ketones is 1. The van der Waals surface area contributed by atoms with Crippen LogP contribution in [0.4, 0.5) is 8.78 Å². The van der Waals surface area contributed by atoms with E-state index in [1.54, 1.807) is 42.6 Å². The van der Waals surface area contributed by atoms with Crippen LogP contribution in [0, 0.1) is 18.6 Å². The lowest BCUT2D eigenvalue weighted by molar-refractivity contribution is 0.0982. The van der Waals surface area contributed by atoms with Crippen LogP contribution in [0.2, 0.25) is 0 Å². The van der Waals surface area contributed by atoms with Crippen molar-refractivity contribution in [2.24, 2.45) is 0 Å². The maximum Gasteiger partial charge on any atom is 0.163 e. The average molecular weight is 406 g/mol. The molecule has 30 heavy (non-hydrogen) atoms. The van der Waals surface area contributed by atoms with Crippen LogP contribution in [-0.4, -0.2) is 15.2 Å². The van der Waals surface area contributed by atoms with Gasteiger partial charge in [0.25, 0.3) is 0 Å². The first-order chi connectivity index (χ1) is 14.5. The molecule has 4 aromatic rings. The first kappa shape index (κ1) is 19.8. The predicted octanol–water partition coefficient (Wildman–Crippen LogP) is 5.32. The van der Waals surface area contributed by atoms with E-state index in [9.17, 15) is 13.6 Å². The van der Waals surface area contributed by atoms with E-state index in [2.05, 4.69) is 4.98 Å². The molecule has 0 atom stereocenters. The predicted molar refractivity (Wildman–Crippen MR) is 110 cm³/mol. The minimum Gasteiger partial charge on any atom is -0.489 e. The monoisotopic (exact) mass is 406 g/mol. The van der Waals surface area contributed by atoms with Crippen molar-refractivity contribution < 1.29 is 18.3 Å². The summed E-state index contributed by atoms with van der Waals surface area (Å²) in [6.45, 7) is 1.93. The van der Waals surface area contributed by atoms with Gasteiger partial charge in [0, 0.05) is 29.9 Å². The summed E-state index contributed by atoms with van der Waals surface area (Å²) in [4.78, 5) is 16.9. The highest BCUT2D eigenvalue weighted by Gasteiger charge is 2.12. The molecule has 2 aromatic heterocycles. The second-order valence-corrected chi connectivity index (χ2v) is 7.12. The molecular weight excluding hydrogens is 386 g/mol. The average Bonchev–Trinajstić information content (AvgIpc) is 3.12. The number of aromatic nitrogens is 2. The highest BCUT2D eigenvalue weighted by atomic mass is 19.1. The Balaban J connectivity index is 1.42. The number of hydrogen-bond donors (Lipinski definition) is 0. The normalized spacial score (nSPS) is 11.0. The van der Waals surface area contributed by atoms with E-state index in [0.29, 0.717) is 28.1 Å². The Bertz CT molecular complexity index is 1220. The molecule has 0 aliphatic rings. The van der Waals surface area contributed by atoms with Gasteiger partial charge in [-0.15, -0.1) is 0 Å². The molecule has 0 fully saturated rings. The van der Waals surface area contributed by atoms with Gasteiger partial charge in [-0.3, -0.25) is 4.79 Å². The number of pyridine rings is 1. The Morgan fingerprint density at radius 1 is 1.03 bits per heavy atom. The van der Waals surface area contributed by atoms with Crippen molar-refractivity contribution in [1.29, 1.82) is 0 Å². The molecule has 6 heteroatoms. The number of Topliss-reactive ketones (excluding diaryl/α,β-unsaturated/α-hetero) is 1. The number of carbonyl (C=O) groups excluding carboxylic acids is 1. The highest BCUT2D eigenvalue weighted by Crippen LogP contribution is 2.21. The summed E-state index contributed by atoms with van der Waals surface area (Å²) in [5, 5.41) is 0. The fourth-order valence-electron chi connectivity index (χ4n) is 3.28. The molecule has 0 saturated carbocycles. The summed E-state index contributed by atoms with van der Waals surface area (Å²) in [5.74, 6) is -0.415. The molecule has 2 aromatic carbocycles. The molecule has 0 radical (unpaired) electrons. The van der Waals surface area contributed by atoms with Gasteiger partial charge in [0.15, 0.2) is 5.78 Å². The third kappa shape index (κ3) is 4.38. The van der Waals surface area contributed by atoms with Crippen molar-refractivity contribution in [2.75, 3.05) is 0 Å². The van der Waals surface area contributed by atoms with Crippen molar-refractivity contribution in [2.45, 2.75) is 26.4 Å². The topological polar surface area (TPSA) is 43.6 Å². The van der Waals surface area contributed by atoms with Gasteiger partial charge in [0.05, 0.1) is 5.69 Å². The zero-order valence-electron chi connectivity index (χ0n) is 16.4. The molecule has 2 heterocycles. The molecule has 0 unspecified atom stereocenters. The lowest BCUT2D eigenvalue weighted by Gasteiger charge is -2.10. The van der Waals surface area contributed by atoms with Crippen molar-refractivity contribution in [3.05, 3.63) is 101 Å². The molecule has 4 rings (SSSR count). The summed E-state index contributed by atoms with van der Waals surface area (Å²) in [5.41, 5.74) is 2.91. The number of fused-ring (bicyclic) bond motifs is 1. The fourth-order valence-corrected chi connectivity index (χ4v) is 3.28. The van der Waals surface area contributed by atoms with E-state index in [4.69, 9.17) is 4.74 Å². The minimum atomic E-state index is -0.402. The summed E-state index contributed by atoms with van der Waals surface area (Å²) in [6.07, 6.45) is 4.07. The third-order valence-corrected chi connectivity index (χ3v) is 4.89. The van der Waals surface area contributed by atoms with Gasteiger partial charge in [-0.25, -0.2) is 13.8 Å². The van der Waals surface area contributed by atoms with Crippen molar-refractivity contribution in [3.63, 3.8) is 0 Å². The number of carbonyl (C=O) groups is 1. The van der Waals surface area contributed by atoms with E-state index in [0.717, 1.165) is 5.69 Å². The van der Waals surface area contributed by atoms with Crippen LogP contribution in [-0.2, 0) is 13.0 Å². The molecule has 0 saturated heterocycles. The molecule has 0 N–H and O–H groups in total. The molecular formula is C24H20F2N2O2. The minimum absolute atomic E-state index is 0.0421. The number of halogens is 2. The Morgan fingerprint density at radius 2 is 1.83 bits per heavy atom. The second kappa shape index (κ2) is 8.45. The SMILES string of the molecule is Cc1cn2ccc(C(=O)CCc3cc(OCc4ccccc4F)ccc3F)cc2n1. The van der Waals surface area contributed by atoms with Gasteiger partial charge >= 0.3 is 0 Å². The van der Waals surface area contributed by atoms with Gasteiger partial charge in [-0.05, 0) is 55.3 Å². The number of aryl methyl sites for hydroxylation is 2. The van der Waals surface area contributed by atoms with Crippen LogP contribution < -0.4 is 4.74 Å². The number of rotatable bonds is 7.